The first-order valence-corrected chi connectivity index (χ1v) is 5.18. The fraction of sp³-hybridized carbons (Fsp3) is 0.417. The van der Waals surface area contributed by atoms with E-state index in [1.807, 2.05) is 25.1 Å². The van der Waals surface area contributed by atoms with Gasteiger partial charge in [-0.15, -0.1) is 12.4 Å². The van der Waals surface area contributed by atoms with Crippen LogP contribution in [0.15, 0.2) is 24.3 Å². The molecule has 1 fully saturated rings. The van der Waals surface area contributed by atoms with Crippen LogP contribution in [0.25, 0.3) is 0 Å². The summed E-state index contributed by atoms with van der Waals surface area (Å²) in [5, 5.41) is 12.2. The third-order valence-corrected chi connectivity index (χ3v) is 3.00. The van der Waals surface area contributed by atoms with Crippen molar-refractivity contribution in [3.05, 3.63) is 35.4 Å². The lowest BCUT2D eigenvalue weighted by atomic mass is 9.88. The minimum absolute atomic E-state index is 0. The first-order chi connectivity index (χ1) is 7.18. The molecular weight excluding hydrogens is 226 g/mol. The molecule has 1 heterocycles. The Morgan fingerprint density at radius 1 is 1.44 bits per heavy atom. The summed E-state index contributed by atoms with van der Waals surface area (Å²) in [6, 6.07) is 8.11. The van der Waals surface area contributed by atoms with Gasteiger partial charge in [-0.1, -0.05) is 29.8 Å². The average Bonchev–Trinajstić information content (AvgIpc) is 2.65. The maximum absolute atomic E-state index is 11.0. The lowest BCUT2D eigenvalue weighted by Gasteiger charge is -2.15. The van der Waals surface area contributed by atoms with Gasteiger partial charge in [0.25, 0.3) is 0 Å². The van der Waals surface area contributed by atoms with E-state index in [-0.39, 0.29) is 24.2 Å². The van der Waals surface area contributed by atoms with Gasteiger partial charge < -0.3 is 10.4 Å². The lowest BCUT2D eigenvalue weighted by Crippen LogP contribution is -2.21. The van der Waals surface area contributed by atoms with Gasteiger partial charge in [0.15, 0.2) is 0 Å². The molecule has 88 valence electrons. The van der Waals surface area contributed by atoms with Crippen LogP contribution in [0.4, 0.5) is 0 Å². The smallest absolute Gasteiger partial charge is 0.308 e. The second-order valence-electron chi connectivity index (χ2n) is 4.12. The molecule has 0 bridgehead atoms. The Bertz CT molecular complexity index is 381. The molecule has 0 saturated carbocycles. The number of hydrogen-bond acceptors (Lipinski definition) is 2. The van der Waals surface area contributed by atoms with E-state index in [1.165, 1.54) is 5.56 Å². The molecule has 2 rings (SSSR count). The Hall–Kier alpha value is -1.06. The van der Waals surface area contributed by atoms with Gasteiger partial charge in [-0.2, -0.15) is 0 Å². The van der Waals surface area contributed by atoms with Crippen LogP contribution in [0.3, 0.4) is 0 Å². The second kappa shape index (κ2) is 5.32. The van der Waals surface area contributed by atoms with Gasteiger partial charge in [-0.05, 0) is 12.5 Å². The number of halogens is 1. The zero-order chi connectivity index (χ0) is 10.8. The predicted molar refractivity (Wildman–Crippen MR) is 65.2 cm³/mol. The van der Waals surface area contributed by atoms with Crippen molar-refractivity contribution < 1.29 is 9.90 Å². The van der Waals surface area contributed by atoms with Crippen molar-refractivity contribution in [1.82, 2.24) is 5.32 Å². The van der Waals surface area contributed by atoms with Crippen LogP contribution in [0.5, 0.6) is 0 Å². The van der Waals surface area contributed by atoms with E-state index in [2.05, 4.69) is 11.4 Å². The predicted octanol–water partition coefficient (Wildman–Crippen LogP) is 1.80. The van der Waals surface area contributed by atoms with Gasteiger partial charge in [-0.3, -0.25) is 4.79 Å². The average molecular weight is 242 g/mol. The quantitative estimate of drug-likeness (QED) is 0.830. The molecule has 0 amide bonds. The molecule has 3 nitrogen and oxygen atoms in total. The fourth-order valence-electron chi connectivity index (χ4n) is 2.19. The Morgan fingerprint density at radius 2 is 2.19 bits per heavy atom. The highest BCUT2D eigenvalue weighted by molar-refractivity contribution is 5.85. The summed E-state index contributed by atoms with van der Waals surface area (Å²) in [6.07, 6.45) is 0. The molecule has 1 aliphatic heterocycles. The molecule has 0 spiro atoms. The minimum atomic E-state index is -0.702. The van der Waals surface area contributed by atoms with Crippen molar-refractivity contribution in [2.75, 3.05) is 13.1 Å². The summed E-state index contributed by atoms with van der Waals surface area (Å²) < 4.78 is 0. The van der Waals surface area contributed by atoms with E-state index < -0.39 is 5.97 Å². The third kappa shape index (κ3) is 2.54. The van der Waals surface area contributed by atoms with Gasteiger partial charge in [0.2, 0.25) is 0 Å². The molecule has 0 aliphatic carbocycles. The van der Waals surface area contributed by atoms with E-state index in [4.69, 9.17) is 5.11 Å². The number of hydrogen-bond donors (Lipinski definition) is 2. The SMILES string of the molecule is Cc1cccc(C2CNCC2C(=O)O)c1.Cl. The van der Waals surface area contributed by atoms with Crippen molar-refractivity contribution >= 4 is 18.4 Å². The van der Waals surface area contributed by atoms with Gasteiger partial charge in [0, 0.05) is 19.0 Å². The summed E-state index contributed by atoms with van der Waals surface area (Å²) in [4.78, 5) is 11.0. The summed E-state index contributed by atoms with van der Waals surface area (Å²) in [5.41, 5.74) is 2.32. The number of benzene rings is 1. The number of aryl methyl sites for hydroxylation is 1. The maximum Gasteiger partial charge on any atom is 0.308 e. The van der Waals surface area contributed by atoms with Crippen LogP contribution in [0.2, 0.25) is 0 Å². The van der Waals surface area contributed by atoms with Crippen LogP contribution in [-0.4, -0.2) is 24.2 Å². The molecule has 2 N–H and O–H groups in total. The van der Waals surface area contributed by atoms with Gasteiger partial charge in [0.05, 0.1) is 5.92 Å². The second-order valence-corrected chi connectivity index (χ2v) is 4.12. The van der Waals surface area contributed by atoms with Crippen molar-refractivity contribution in [2.45, 2.75) is 12.8 Å². The molecule has 1 aromatic carbocycles. The van der Waals surface area contributed by atoms with E-state index in [9.17, 15) is 4.79 Å². The summed E-state index contributed by atoms with van der Waals surface area (Å²) in [7, 11) is 0. The maximum atomic E-state index is 11.0. The number of carboxylic acid groups (broad SMARTS) is 1. The molecule has 4 heteroatoms. The van der Waals surface area contributed by atoms with Crippen LogP contribution < -0.4 is 5.32 Å². The first-order valence-electron chi connectivity index (χ1n) is 5.18. The van der Waals surface area contributed by atoms with Crippen molar-refractivity contribution in [3.63, 3.8) is 0 Å². The minimum Gasteiger partial charge on any atom is -0.481 e. The number of aliphatic carboxylic acids is 1. The van der Waals surface area contributed by atoms with Crippen molar-refractivity contribution in [3.8, 4) is 0 Å². The van der Waals surface area contributed by atoms with Crippen LogP contribution >= 0.6 is 12.4 Å². The number of nitrogens with one attached hydrogen (secondary N) is 1. The number of carbonyl (C=O) groups is 1. The normalized spacial score (nSPS) is 23.8. The molecule has 0 radical (unpaired) electrons. The third-order valence-electron chi connectivity index (χ3n) is 3.00. The van der Waals surface area contributed by atoms with Crippen molar-refractivity contribution in [2.24, 2.45) is 5.92 Å². The van der Waals surface area contributed by atoms with Crippen molar-refractivity contribution in [1.29, 1.82) is 0 Å². The van der Waals surface area contributed by atoms with Gasteiger partial charge in [0.1, 0.15) is 0 Å². The monoisotopic (exact) mass is 241 g/mol. The molecular formula is C12H16ClNO2. The van der Waals surface area contributed by atoms with Crippen LogP contribution in [0.1, 0.15) is 17.0 Å². The largest absolute Gasteiger partial charge is 0.481 e. The highest BCUT2D eigenvalue weighted by Gasteiger charge is 2.33. The Labute approximate surface area is 101 Å². The Kier molecular flexibility index (Phi) is 4.33. The fourth-order valence-corrected chi connectivity index (χ4v) is 2.19. The van der Waals surface area contributed by atoms with E-state index in [0.29, 0.717) is 6.54 Å². The molecule has 16 heavy (non-hydrogen) atoms. The molecule has 0 aromatic heterocycles. The van der Waals surface area contributed by atoms with Gasteiger partial charge >= 0.3 is 5.97 Å². The van der Waals surface area contributed by atoms with E-state index in [0.717, 1.165) is 12.1 Å². The Balaban J connectivity index is 0.00000128. The summed E-state index contributed by atoms with van der Waals surface area (Å²) >= 11 is 0. The molecule has 1 saturated heterocycles. The van der Waals surface area contributed by atoms with E-state index in [1.54, 1.807) is 0 Å². The highest BCUT2D eigenvalue weighted by Crippen LogP contribution is 2.28. The number of rotatable bonds is 2. The standard InChI is InChI=1S/C12H15NO2.ClH/c1-8-3-2-4-9(5-8)10-6-13-7-11(10)12(14)15;/h2-5,10-11,13H,6-7H2,1H3,(H,14,15);1H. The van der Waals surface area contributed by atoms with E-state index >= 15 is 0 Å². The number of carboxylic acids is 1. The van der Waals surface area contributed by atoms with Crippen LogP contribution in [0, 0.1) is 12.8 Å². The zero-order valence-corrected chi connectivity index (χ0v) is 9.96. The summed E-state index contributed by atoms with van der Waals surface area (Å²) in [6.45, 7) is 3.37. The van der Waals surface area contributed by atoms with Crippen LogP contribution in [-0.2, 0) is 4.79 Å². The zero-order valence-electron chi connectivity index (χ0n) is 9.14. The highest BCUT2D eigenvalue weighted by atomic mass is 35.5. The Morgan fingerprint density at radius 3 is 2.81 bits per heavy atom. The molecule has 2 atom stereocenters. The molecule has 1 aliphatic rings. The molecule has 1 aromatic rings. The summed E-state index contributed by atoms with van der Waals surface area (Å²) in [5.74, 6) is -0.874. The lowest BCUT2D eigenvalue weighted by molar-refractivity contribution is -0.141. The molecule has 2 unspecified atom stereocenters. The van der Waals surface area contributed by atoms with Gasteiger partial charge in [-0.25, -0.2) is 0 Å². The first kappa shape index (κ1) is 13.0. The topological polar surface area (TPSA) is 49.3 Å².